The van der Waals surface area contributed by atoms with Gasteiger partial charge in [0.05, 0.1) is 18.8 Å². The molecular formula is C22H37IN4O3. The second-order valence-electron chi connectivity index (χ2n) is 8.11. The van der Waals surface area contributed by atoms with Crippen LogP contribution in [0.15, 0.2) is 29.3 Å². The Morgan fingerprint density at radius 2 is 1.97 bits per heavy atom. The number of ether oxygens (including phenoxy) is 2. The van der Waals surface area contributed by atoms with Crippen molar-refractivity contribution in [3.63, 3.8) is 0 Å². The van der Waals surface area contributed by atoms with Crippen LogP contribution >= 0.6 is 24.0 Å². The molecule has 1 aliphatic heterocycles. The highest BCUT2D eigenvalue weighted by molar-refractivity contribution is 14.0. The molecule has 0 saturated carbocycles. The van der Waals surface area contributed by atoms with Crippen molar-refractivity contribution in [2.45, 2.75) is 45.8 Å². The maximum absolute atomic E-state index is 11.9. The van der Waals surface area contributed by atoms with E-state index in [-0.39, 0.29) is 48.6 Å². The first-order valence-corrected chi connectivity index (χ1v) is 10.4. The number of nitrogens with zero attached hydrogens (tertiary/aromatic N) is 2. The summed E-state index contributed by atoms with van der Waals surface area (Å²) in [7, 11) is 3.46. The van der Waals surface area contributed by atoms with Gasteiger partial charge in [0.2, 0.25) is 5.91 Å². The van der Waals surface area contributed by atoms with E-state index >= 15 is 0 Å². The van der Waals surface area contributed by atoms with Crippen molar-refractivity contribution >= 4 is 35.8 Å². The fraction of sp³-hybridized carbons (Fsp3) is 0.636. The Morgan fingerprint density at radius 1 is 1.27 bits per heavy atom. The summed E-state index contributed by atoms with van der Waals surface area (Å²) in [5.74, 6) is 1.94. The van der Waals surface area contributed by atoms with Crippen molar-refractivity contribution in [1.82, 2.24) is 15.5 Å². The third-order valence-corrected chi connectivity index (χ3v) is 4.71. The maximum Gasteiger partial charge on any atom is 0.243 e. The first-order chi connectivity index (χ1) is 13.8. The van der Waals surface area contributed by atoms with Crippen LogP contribution in [0.1, 0.15) is 45.2 Å². The zero-order chi connectivity index (χ0) is 21.2. The lowest BCUT2D eigenvalue weighted by atomic mass is 10.1. The van der Waals surface area contributed by atoms with Crippen LogP contribution in [-0.2, 0) is 9.53 Å². The average Bonchev–Trinajstić information content (AvgIpc) is 3.22. The summed E-state index contributed by atoms with van der Waals surface area (Å²) in [4.78, 5) is 17.9. The molecular weight excluding hydrogens is 495 g/mol. The molecule has 1 fully saturated rings. The molecule has 0 spiro atoms. The fourth-order valence-electron chi connectivity index (χ4n) is 2.86. The molecule has 1 amide bonds. The number of benzene rings is 1. The number of halogens is 1. The Bertz CT molecular complexity index is 659. The van der Waals surface area contributed by atoms with Gasteiger partial charge in [0.1, 0.15) is 12.3 Å². The van der Waals surface area contributed by atoms with Crippen molar-refractivity contribution in [2.75, 3.05) is 40.4 Å². The van der Waals surface area contributed by atoms with Gasteiger partial charge in [-0.25, -0.2) is 4.99 Å². The maximum atomic E-state index is 11.9. The number of carbonyl (C=O) groups is 1. The highest BCUT2D eigenvalue weighted by Crippen LogP contribution is 2.18. The lowest BCUT2D eigenvalue weighted by Gasteiger charge is -2.21. The fourth-order valence-corrected chi connectivity index (χ4v) is 2.86. The molecule has 1 aliphatic rings. The van der Waals surface area contributed by atoms with E-state index in [0.29, 0.717) is 25.0 Å². The van der Waals surface area contributed by atoms with E-state index in [2.05, 4.69) is 48.5 Å². The van der Waals surface area contributed by atoms with Crippen LogP contribution in [0.5, 0.6) is 5.75 Å². The minimum absolute atomic E-state index is 0. The Hall–Kier alpha value is -1.55. The number of likely N-dealkylation sites (N-methyl/N-ethyl adjacent to an activating group) is 1. The molecule has 1 aromatic carbocycles. The molecule has 0 bridgehead atoms. The zero-order valence-electron chi connectivity index (χ0n) is 18.8. The standard InChI is InChI=1S/C22H36N4O3.HI/c1-16(2)15-29-19-10-8-18(9-11-19)17(3)25-22(24-14-21(27)26(4)5)23-13-20-7-6-12-28-20;/h8-11,16-17,20H,6-7,12-15H2,1-5H3,(H2,23,24,25);1H. The van der Waals surface area contributed by atoms with Crippen LogP contribution in [-0.4, -0.2) is 63.3 Å². The number of hydrogen-bond donors (Lipinski definition) is 2. The topological polar surface area (TPSA) is 75.2 Å². The quantitative estimate of drug-likeness (QED) is 0.290. The summed E-state index contributed by atoms with van der Waals surface area (Å²) in [5, 5.41) is 6.71. The van der Waals surface area contributed by atoms with Gasteiger partial charge in [0.25, 0.3) is 0 Å². The van der Waals surface area contributed by atoms with Gasteiger partial charge in [-0.05, 0) is 43.4 Å². The zero-order valence-corrected chi connectivity index (χ0v) is 21.1. The second kappa shape index (κ2) is 13.7. The minimum atomic E-state index is -0.0393. The Labute approximate surface area is 198 Å². The number of rotatable bonds is 9. The summed E-state index contributed by atoms with van der Waals surface area (Å²) < 4.78 is 11.4. The molecule has 1 heterocycles. The number of amides is 1. The predicted molar refractivity (Wildman–Crippen MR) is 132 cm³/mol. The summed E-state index contributed by atoms with van der Waals surface area (Å²) >= 11 is 0. The predicted octanol–water partition coefficient (Wildman–Crippen LogP) is 3.20. The van der Waals surface area contributed by atoms with Gasteiger partial charge in [-0.3, -0.25) is 4.79 Å². The van der Waals surface area contributed by atoms with Crippen molar-refractivity contribution < 1.29 is 14.3 Å². The molecule has 0 aliphatic carbocycles. The van der Waals surface area contributed by atoms with Crippen LogP contribution in [0.3, 0.4) is 0 Å². The minimum Gasteiger partial charge on any atom is -0.493 e. The molecule has 1 aromatic rings. The van der Waals surface area contributed by atoms with Gasteiger partial charge in [-0.1, -0.05) is 26.0 Å². The van der Waals surface area contributed by atoms with Gasteiger partial charge < -0.3 is 25.0 Å². The molecule has 8 heteroatoms. The molecule has 0 aromatic heterocycles. The number of nitrogens with one attached hydrogen (secondary N) is 2. The third kappa shape index (κ3) is 9.51. The van der Waals surface area contributed by atoms with Crippen LogP contribution in [0.25, 0.3) is 0 Å². The van der Waals surface area contributed by atoms with E-state index in [1.54, 1.807) is 19.0 Å². The Balaban J connectivity index is 0.00000450. The smallest absolute Gasteiger partial charge is 0.243 e. The van der Waals surface area contributed by atoms with Crippen LogP contribution in [0.2, 0.25) is 0 Å². The van der Waals surface area contributed by atoms with Crippen LogP contribution < -0.4 is 15.4 Å². The molecule has 2 N–H and O–H groups in total. The number of carbonyl (C=O) groups excluding carboxylic acids is 1. The SMILES string of the molecule is CC(C)COc1ccc(C(C)NC(=NCC(=O)N(C)C)NCC2CCCO2)cc1.I. The third-order valence-electron chi connectivity index (χ3n) is 4.71. The number of aliphatic imine (C=N–C) groups is 1. The Morgan fingerprint density at radius 3 is 2.53 bits per heavy atom. The lowest BCUT2D eigenvalue weighted by molar-refractivity contribution is -0.127. The van der Waals surface area contributed by atoms with Gasteiger partial charge in [-0.2, -0.15) is 0 Å². The highest BCUT2D eigenvalue weighted by atomic mass is 127. The van der Waals surface area contributed by atoms with Crippen LogP contribution in [0.4, 0.5) is 0 Å². The molecule has 2 atom stereocenters. The van der Waals surface area contributed by atoms with Crippen molar-refractivity contribution in [2.24, 2.45) is 10.9 Å². The Kier molecular flexibility index (Phi) is 12.1. The van der Waals surface area contributed by atoms with E-state index in [4.69, 9.17) is 9.47 Å². The normalized spacial score (nSPS) is 17.3. The first kappa shape index (κ1) is 26.5. The molecule has 0 radical (unpaired) electrons. The van der Waals surface area contributed by atoms with Crippen LogP contribution in [0, 0.1) is 5.92 Å². The number of hydrogen-bond acceptors (Lipinski definition) is 4. The van der Waals surface area contributed by atoms with Crippen molar-refractivity contribution in [1.29, 1.82) is 0 Å². The molecule has 7 nitrogen and oxygen atoms in total. The average molecular weight is 532 g/mol. The molecule has 170 valence electrons. The van der Waals surface area contributed by atoms with Gasteiger partial charge in [-0.15, -0.1) is 24.0 Å². The van der Waals surface area contributed by atoms with E-state index in [1.165, 1.54) is 0 Å². The second-order valence-corrected chi connectivity index (χ2v) is 8.11. The molecule has 2 unspecified atom stereocenters. The first-order valence-electron chi connectivity index (χ1n) is 10.4. The lowest BCUT2D eigenvalue weighted by Crippen LogP contribution is -2.42. The van der Waals surface area contributed by atoms with E-state index in [0.717, 1.165) is 30.8 Å². The largest absolute Gasteiger partial charge is 0.493 e. The summed E-state index contributed by atoms with van der Waals surface area (Å²) in [5.41, 5.74) is 1.12. The summed E-state index contributed by atoms with van der Waals surface area (Å²) in [6, 6.07) is 8.11. The van der Waals surface area contributed by atoms with E-state index < -0.39 is 0 Å². The number of guanidine groups is 1. The van der Waals surface area contributed by atoms with Crippen molar-refractivity contribution in [3.8, 4) is 5.75 Å². The van der Waals surface area contributed by atoms with Gasteiger partial charge >= 0.3 is 0 Å². The molecule has 30 heavy (non-hydrogen) atoms. The highest BCUT2D eigenvalue weighted by Gasteiger charge is 2.17. The van der Waals surface area contributed by atoms with E-state index in [1.807, 2.05) is 12.1 Å². The van der Waals surface area contributed by atoms with E-state index in [9.17, 15) is 4.79 Å². The van der Waals surface area contributed by atoms with Gasteiger partial charge in [0.15, 0.2) is 5.96 Å². The van der Waals surface area contributed by atoms with Crippen molar-refractivity contribution in [3.05, 3.63) is 29.8 Å². The molecule has 2 rings (SSSR count). The summed E-state index contributed by atoms with van der Waals surface area (Å²) in [6.45, 7) is 8.63. The monoisotopic (exact) mass is 532 g/mol. The summed E-state index contributed by atoms with van der Waals surface area (Å²) in [6.07, 6.45) is 2.33. The molecule has 1 saturated heterocycles. The van der Waals surface area contributed by atoms with Gasteiger partial charge in [0, 0.05) is 27.2 Å².